The maximum atomic E-state index is 5.99. The Labute approximate surface area is 165 Å². The van der Waals surface area contributed by atoms with E-state index in [2.05, 4.69) is 45.7 Å². The number of fused-ring (bicyclic) bond motifs is 1. The Kier molecular flexibility index (Phi) is 7.51. The van der Waals surface area contributed by atoms with Crippen molar-refractivity contribution in [2.75, 3.05) is 25.0 Å². The van der Waals surface area contributed by atoms with Crippen LogP contribution in [0.1, 0.15) is 22.9 Å². The van der Waals surface area contributed by atoms with Gasteiger partial charge in [-0.2, -0.15) is 0 Å². The highest BCUT2D eigenvalue weighted by Gasteiger charge is 2.16. The van der Waals surface area contributed by atoms with Crippen LogP contribution in [0.5, 0.6) is 0 Å². The van der Waals surface area contributed by atoms with Gasteiger partial charge in [0.1, 0.15) is 0 Å². The Morgan fingerprint density at radius 2 is 2.25 bits per heavy atom. The molecule has 0 atom stereocenters. The summed E-state index contributed by atoms with van der Waals surface area (Å²) >= 11 is 1.88. The number of guanidine groups is 1. The monoisotopic (exact) mass is 456 g/mol. The molecule has 24 heavy (non-hydrogen) atoms. The molecular formula is C18H25IN4S. The number of rotatable bonds is 5. The molecule has 0 fully saturated rings. The lowest BCUT2D eigenvalue weighted by Crippen LogP contribution is -2.32. The normalized spacial score (nSPS) is 14.8. The molecule has 1 aliphatic heterocycles. The topological polar surface area (TPSA) is 53.6 Å². The second-order valence-corrected chi connectivity index (χ2v) is 6.84. The van der Waals surface area contributed by atoms with E-state index in [1.165, 1.54) is 11.1 Å². The lowest BCUT2D eigenvalue weighted by Gasteiger charge is -2.26. The van der Waals surface area contributed by atoms with Crippen LogP contribution in [0, 0.1) is 0 Å². The molecule has 0 aliphatic carbocycles. The molecule has 3 N–H and O–H groups in total. The summed E-state index contributed by atoms with van der Waals surface area (Å²) in [6.45, 7) is 5.99. The summed E-state index contributed by atoms with van der Waals surface area (Å²) in [6.07, 6.45) is 2.18. The number of nitrogens with zero attached hydrogens (tertiary/aromatic N) is 2. The molecule has 0 bridgehead atoms. The van der Waals surface area contributed by atoms with Crippen LogP contribution in [0.3, 0.4) is 0 Å². The quantitative estimate of drug-likeness (QED) is 0.410. The van der Waals surface area contributed by atoms with Crippen LogP contribution >= 0.6 is 35.3 Å². The number of nitrogens with one attached hydrogen (secondary N) is 1. The number of hydrogen-bond acceptors (Lipinski definition) is 3. The van der Waals surface area contributed by atoms with Crippen molar-refractivity contribution >= 4 is 47.0 Å². The second kappa shape index (κ2) is 9.39. The Morgan fingerprint density at radius 3 is 3.08 bits per heavy atom. The first-order valence-electron chi connectivity index (χ1n) is 8.18. The van der Waals surface area contributed by atoms with Crippen LogP contribution in [-0.2, 0) is 19.4 Å². The Bertz CT molecular complexity index is 683. The third-order valence-electron chi connectivity index (χ3n) is 4.19. The lowest BCUT2D eigenvalue weighted by molar-refractivity contribution is 0.264. The highest BCUT2D eigenvalue weighted by atomic mass is 127. The van der Waals surface area contributed by atoms with Crippen LogP contribution in [0.25, 0.3) is 0 Å². The van der Waals surface area contributed by atoms with Crippen molar-refractivity contribution in [1.29, 1.82) is 0 Å². The van der Waals surface area contributed by atoms with Gasteiger partial charge >= 0.3 is 0 Å². The molecule has 1 aromatic carbocycles. The summed E-state index contributed by atoms with van der Waals surface area (Å²) < 4.78 is 0. The summed E-state index contributed by atoms with van der Waals surface area (Å²) in [6, 6.07) is 10.5. The van der Waals surface area contributed by atoms with Crippen LogP contribution in [0.15, 0.2) is 40.7 Å². The van der Waals surface area contributed by atoms with Gasteiger partial charge in [0, 0.05) is 30.2 Å². The van der Waals surface area contributed by atoms with Crippen LogP contribution in [0.4, 0.5) is 5.69 Å². The Balaban J connectivity index is 0.00000208. The highest BCUT2D eigenvalue weighted by molar-refractivity contribution is 14.0. The van der Waals surface area contributed by atoms with E-state index >= 15 is 0 Å². The first-order valence-corrected chi connectivity index (χ1v) is 9.06. The minimum absolute atomic E-state index is 0. The van der Waals surface area contributed by atoms with Gasteiger partial charge in [0.25, 0.3) is 0 Å². The molecule has 4 nitrogen and oxygen atoms in total. The van der Waals surface area contributed by atoms with Gasteiger partial charge in [-0.05, 0) is 47.5 Å². The maximum absolute atomic E-state index is 5.99. The van der Waals surface area contributed by atoms with Crippen molar-refractivity contribution in [3.63, 3.8) is 0 Å². The van der Waals surface area contributed by atoms with Gasteiger partial charge in [0.05, 0.1) is 6.54 Å². The number of nitrogens with two attached hydrogens (primary N) is 1. The van der Waals surface area contributed by atoms with E-state index in [9.17, 15) is 0 Å². The van der Waals surface area contributed by atoms with E-state index in [4.69, 9.17) is 5.73 Å². The molecule has 2 aromatic rings. The minimum atomic E-state index is 0. The molecule has 0 radical (unpaired) electrons. The number of halogens is 1. The number of anilines is 1. The zero-order valence-corrected chi connectivity index (χ0v) is 17.1. The maximum Gasteiger partial charge on any atom is 0.193 e. The van der Waals surface area contributed by atoms with Crippen molar-refractivity contribution in [3.05, 3.63) is 51.7 Å². The molecule has 0 saturated heterocycles. The molecule has 1 aliphatic rings. The summed E-state index contributed by atoms with van der Waals surface area (Å²) in [5.74, 6) is 0.492. The SMILES string of the molecule is CCc1cccc(NC(N)=NCCN2CCc3sccc3C2)c1.I. The number of aryl methyl sites for hydroxylation is 1. The van der Waals surface area contributed by atoms with Crippen molar-refractivity contribution in [2.45, 2.75) is 26.3 Å². The Hall–Kier alpha value is -1.12. The smallest absolute Gasteiger partial charge is 0.193 e. The van der Waals surface area contributed by atoms with E-state index in [1.54, 1.807) is 4.88 Å². The van der Waals surface area contributed by atoms with Gasteiger partial charge in [-0.25, -0.2) is 0 Å². The average molecular weight is 456 g/mol. The van der Waals surface area contributed by atoms with Gasteiger partial charge in [-0.1, -0.05) is 19.1 Å². The van der Waals surface area contributed by atoms with E-state index in [1.807, 2.05) is 23.5 Å². The fraction of sp³-hybridized carbons (Fsp3) is 0.389. The fourth-order valence-corrected chi connectivity index (χ4v) is 3.76. The summed E-state index contributed by atoms with van der Waals surface area (Å²) in [5, 5.41) is 5.37. The zero-order valence-electron chi connectivity index (χ0n) is 14.0. The minimum Gasteiger partial charge on any atom is -0.370 e. The van der Waals surface area contributed by atoms with Gasteiger partial charge in [-0.15, -0.1) is 35.3 Å². The molecule has 0 unspecified atom stereocenters. The predicted molar refractivity (Wildman–Crippen MR) is 115 cm³/mol. The molecule has 0 amide bonds. The summed E-state index contributed by atoms with van der Waals surface area (Å²) in [4.78, 5) is 8.45. The Morgan fingerprint density at radius 1 is 1.38 bits per heavy atom. The van der Waals surface area contributed by atoms with E-state index in [0.29, 0.717) is 5.96 Å². The number of aliphatic imine (C=N–C) groups is 1. The van der Waals surface area contributed by atoms with Crippen molar-refractivity contribution in [1.82, 2.24) is 4.90 Å². The lowest BCUT2D eigenvalue weighted by atomic mass is 10.1. The van der Waals surface area contributed by atoms with Crippen LogP contribution < -0.4 is 11.1 Å². The van der Waals surface area contributed by atoms with Gasteiger partial charge in [0.2, 0.25) is 0 Å². The highest BCUT2D eigenvalue weighted by Crippen LogP contribution is 2.23. The van der Waals surface area contributed by atoms with Gasteiger partial charge in [0.15, 0.2) is 5.96 Å². The van der Waals surface area contributed by atoms with E-state index < -0.39 is 0 Å². The number of thiophene rings is 1. The molecule has 3 rings (SSSR count). The summed E-state index contributed by atoms with van der Waals surface area (Å²) in [5.41, 5.74) is 9.77. The van der Waals surface area contributed by atoms with Crippen molar-refractivity contribution in [2.24, 2.45) is 10.7 Å². The van der Waals surface area contributed by atoms with Crippen molar-refractivity contribution < 1.29 is 0 Å². The standard InChI is InChI=1S/C18H24N4S.HI/c1-2-14-4-3-5-16(12-14)21-18(19)20-8-10-22-9-6-17-15(13-22)7-11-23-17;/h3-5,7,11-12H,2,6,8-10,13H2,1H3,(H3,19,20,21);1H. The summed E-state index contributed by atoms with van der Waals surface area (Å²) in [7, 11) is 0. The number of hydrogen-bond donors (Lipinski definition) is 2. The number of benzene rings is 1. The van der Waals surface area contributed by atoms with Crippen molar-refractivity contribution in [3.8, 4) is 0 Å². The third kappa shape index (κ3) is 5.19. The second-order valence-electron chi connectivity index (χ2n) is 5.84. The molecule has 6 heteroatoms. The van der Waals surface area contributed by atoms with Crippen LogP contribution in [-0.4, -0.2) is 30.5 Å². The van der Waals surface area contributed by atoms with Crippen LogP contribution in [0.2, 0.25) is 0 Å². The largest absolute Gasteiger partial charge is 0.370 e. The zero-order chi connectivity index (χ0) is 16.1. The predicted octanol–water partition coefficient (Wildman–Crippen LogP) is 3.71. The third-order valence-corrected chi connectivity index (χ3v) is 5.22. The molecule has 0 saturated carbocycles. The molecule has 0 spiro atoms. The first kappa shape index (κ1) is 19.2. The molecule has 130 valence electrons. The van der Waals surface area contributed by atoms with Gasteiger partial charge in [-0.3, -0.25) is 9.89 Å². The fourth-order valence-electron chi connectivity index (χ4n) is 2.87. The van der Waals surface area contributed by atoms with E-state index in [-0.39, 0.29) is 24.0 Å². The molecule has 2 heterocycles. The first-order chi connectivity index (χ1) is 11.2. The van der Waals surface area contributed by atoms with E-state index in [0.717, 1.165) is 44.7 Å². The molecule has 1 aromatic heterocycles. The van der Waals surface area contributed by atoms with Gasteiger partial charge < -0.3 is 11.1 Å². The average Bonchev–Trinajstić information content (AvgIpc) is 3.02. The molecular weight excluding hydrogens is 431 g/mol.